The molecular formula is C18H25N3O2. The fourth-order valence-electron chi connectivity index (χ4n) is 3.46. The van der Waals surface area contributed by atoms with Gasteiger partial charge in [0.15, 0.2) is 0 Å². The number of likely N-dealkylation sites (tertiary alicyclic amines) is 1. The van der Waals surface area contributed by atoms with Crippen LogP contribution in [0.2, 0.25) is 0 Å². The van der Waals surface area contributed by atoms with E-state index in [0.29, 0.717) is 19.1 Å². The third-order valence-electron chi connectivity index (χ3n) is 4.88. The highest BCUT2D eigenvalue weighted by Crippen LogP contribution is 2.22. The SMILES string of the molecule is O=C(NC1CCCC1)C1CCN(C(=O)Nc2ccccc2)CC1. The Hall–Kier alpha value is -2.04. The topological polar surface area (TPSA) is 61.4 Å². The second-order valence-electron chi connectivity index (χ2n) is 6.55. The summed E-state index contributed by atoms with van der Waals surface area (Å²) in [5, 5.41) is 6.08. The quantitative estimate of drug-likeness (QED) is 0.901. The molecule has 0 spiro atoms. The molecule has 0 radical (unpaired) electrons. The highest BCUT2D eigenvalue weighted by Gasteiger charge is 2.29. The molecule has 0 bridgehead atoms. The Balaban J connectivity index is 1.44. The second-order valence-corrected chi connectivity index (χ2v) is 6.55. The molecule has 3 rings (SSSR count). The number of carbonyl (C=O) groups is 2. The van der Waals surface area contributed by atoms with E-state index < -0.39 is 0 Å². The second kappa shape index (κ2) is 7.49. The lowest BCUT2D eigenvalue weighted by Crippen LogP contribution is -2.46. The van der Waals surface area contributed by atoms with Crippen LogP contribution in [-0.4, -0.2) is 36.0 Å². The number of urea groups is 1. The number of para-hydroxylation sites is 1. The van der Waals surface area contributed by atoms with Gasteiger partial charge in [0, 0.05) is 30.7 Å². The molecule has 3 amide bonds. The zero-order chi connectivity index (χ0) is 16.1. The van der Waals surface area contributed by atoms with Crippen molar-refractivity contribution in [2.45, 2.75) is 44.6 Å². The van der Waals surface area contributed by atoms with Gasteiger partial charge in [-0.2, -0.15) is 0 Å². The Bertz CT molecular complexity index is 532. The molecule has 1 saturated heterocycles. The number of benzene rings is 1. The third kappa shape index (κ3) is 4.24. The van der Waals surface area contributed by atoms with Crippen LogP contribution < -0.4 is 10.6 Å². The minimum atomic E-state index is -0.0779. The van der Waals surface area contributed by atoms with Gasteiger partial charge < -0.3 is 15.5 Å². The molecule has 124 valence electrons. The monoisotopic (exact) mass is 315 g/mol. The summed E-state index contributed by atoms with van der Waals surface area (Å²) < 4.78 is 0. The van der Waals surface area contributed by atoms with Gasteiger partial charge in [-0.1, -0.05) is 31.0 Å². The Morgan fingerprint density at radius 1 is 0.957 bits per heavy atom. The number of carbonyl (C=O) groups excluding carboxylic acids is 2. The van der Waals surface area contributed by atoms with E-state index in [4.69, 9.17) is 0 Å². The van der Waals surface area contributed by atoms with Gasteiger partial charge in [0.05, 0.1) is 0 Å². The van der Waals surface area contributed by atoms with Crippen molar-refractivity contribution in [3.8, 4) is 0 Å². The fraction of sp³-hybridized carbons (Fsp3) is 0.556. The largest absolute Gasteiger partial charge is 0.353 e. The third-order valence-corrected chi connectivity index (χ3v) is 4.88. The van der Waals surface area contributed by atoms with Crippen molar-refractivity contribution in [3.63, 3.8) is 0 Å². The van der Waals surface area contributed by atoms with Crippen LogP contribution in [0.3, 0.4) is 0 Å². The predicted molar refractivity (Wildman–Crippen MR) is 90.2 cm³/mol. The van der Waals surface area contributed by atoms with Crippen LogP contribution in [0.25, 0.3) is 0 Å². The van der Waals surface area contributed by atoms with Crippen molar-refractivity contribution in [1.29, 1.82) is 0 Å². The Morgan fingerprint density at radius 3 is 2.26 bits per heavy atom. The number of hydrogen-bond donors (Lipinski definition) is 2. The molecular weight excluding hydrogens is 290 g/mol. The smallest absolute Gasteiger partial charge is 0.321 e. The maximum atomic E-state index is 12.3. The first kappa shape index (κ1) is 15.8. The Kier molecular flexibility index (Phi) is 5.16. The van der Waals surface area contributed by atoms with Gasteiger partial charge in [-0.15, -0.1) is 0 Å². The lowest BCUT2D eigenvalue weighted by atomic mass is 9.95. The number of amides is 3. The zero-order valence-corrected chi connectivity index (χ0v) is 13.5. The van der Waals surface area contributed by atoms with Crippen molar-refractivity contribution in [1.82, 2.24) is 10.2 Å². The molecule has 5 nitrogen and oxygen atoms in total. The van der Waals surface area contributed by atoms with E-state index in [2.05, 4.69) is 10.6 Å². The molecule has 1 aromatic rings. The van der Waals surface area contributed by atoms with Crippen molar-refractivity contribution in [3.05, 3.63) is 30.3 Å². The summed E-state index contributed by atoms with van der Waals surface area (Å²) in [6.07, 6.45) is 6.18. The first-order valence-electron chi connectivity index (χ1n) is 8.64. The summed E-state index contributed by atoms with van der Waals surface area (Å²) in [5.74, 6) is 0.233. The maximum absolute atomic E-state index is 12.3. The van der Waals surface area contributed by atoms with E-state index in [9.17, 15) is 9.59 Å². The van der Waals surface area contributed by atoms with Crippen LogP contribution in [-0.2, 0) is 4.79 Å². The van der Waals surface area contributed by atoms with Gasteiger partial charge in [0.25, 0.3) is 0 Å². The summed E-state index contributed by atoms with van der Waals surface area (Å²) in [4.78, 5) is 26.3. The summed E-state index contributed by atoms with van der Waals surface area (Å²) >= 11 is 0. The van der Waals surface area contributed by atoms with Gasteiger partial charge in [0.2, 0.25) is 5.91 Å². The van der Waals surface area contributed by atoms with E-state index in [1.807, 2.05) is 30.3 Å². The summed E-state index contributed by atoms with van der Waals surface area (Å²) in [7, 11) is 0. The van der Waals surface area contributed by atoms with Crippen molar-refractivity contribution in [2.24, 2.45) is 5.92 Å². The fourth-order valence-corrected chi connectivity index (χ4v) is 3.46. The molecule has 2 aliphatic rings. The molecule has 2 fully saturated rings. The maximum Gasteiger partial charge on any atom is 0.321 e. The molecule has 1 heterocycles. The van der Waals surface area contributed by atoms with Crippen LogP contribution >= 0.6 is 0 Å². The number of hydrogen-bond acceptors (Lipinski definition) is 2. The van der Waals surface area contributed by atoms with Crippen LogP contribution in [0.15, 0.2) is 30.3 Å². The molecule has 1 saturated carbocycles. The van der Waals surface area contributed by atoms with Gasteiger partial charge in [0.1, 0.15) is 0 Å². The molecule has 1 aliphatic heterocycles. The van der Waals surface area contributed by atoms with E-state index in [-0.39, 0.29) is 17.9 Å². The first-order chi connectivity index (χ1) is 11.2. The molecule has 0 aromatic heterocycles. The molecule has 23 heavy (non-hydrogen) atoms. The highest BCUT2D eigenvalue weighted by molar-refractivity contribution is 5.89. The van der Waals surface area contributed by atoms with Crippen LogP contribution in [0.5, 0.6) is 0 Å². The average molecular weight is 315 g/mol. The number of nitrogens with one attached hydrogen (secondary N) is 2. The average Bonchev–Trinajstić information content (AvgIpc) is 3.09. The Labute approximate surface area is 137 Å². The van der Waals surface area contributed by atoms with Gasteiger partial charge in [-0.25, -0.2) is 4.79 Å². The molecule has 1 aromatic carbocycles. The van der Waals surface area contributed by atoms with Crippen molar-refractivity contribution in [2.75, 3.05) is 18.4 Å². The minimum Gasteiger partial charge on any atom is -0.353 e. The first-order valence-corrected chi connectivity index (χ1v) is 8.64. The summed E-state index contributed by atoms with van der Waals surface area (Å²) in [6.45, 7) is 1.28. The van der Waals surface area contributed by atoms with E-state index in [1.165, 1.54) is 12.8 Å². The van der Waals surface area contributed by atoms with Crippen LogP contribution in [0.1, 0.15) is 38.5 Å². The van der Waals surface area contributed by atoms with E-state index >= 15 is 0 Å². The molecule has 0 unspecified atom stereocenters. The standard InChI is InChI=1S/C18H25N3O2/c22-17(19-15-8-4-5-9-15)14-10-12-21(13-11-14)18(23)20-16-6-2-1-3-7-16/h1-3,6-7,14-15H,4-5,8-13H2,(H,19,22)(H,20,23). The lowest BCUT2D eigenvalue weighted by molar-refractivity contribution is -0.126. The van der Waals surface area contributed by atoms with Gasteiger partial charge >= 0.3 is 6.03 Å². The predicted octanol–water partition coefficient (Wildman–Crippen LogP) is 2.99. The van der Waals surface area contributed by atoms with Gasteiger partial charge in [-0.3, -0.25) is 4.79 Å². The number of nitrogens with zero attached hydrogens (tertiary/aromatic N) is 1. The van der Waals surface area contributed by atoms with Crippen LogP contribution in [0, 0.1) is 5.92 Å². The number of anilines is 1. The molecule has 1 aliphatic carbocycles. The zero-order valence-electron chi connectivity index (χ0n) is 13.5. The summed E-state index contributed by atoms with van der Waals surface area (Å²) in [5.41, 5.74) is 0.804. The van der Waals surface area contributed by atoms with Crippen molar-refractivity contribution >= 4 is 17.6 Å². The number of piperidine rings is 1. The lowest BCUT2D eigenvalue weighted by Gasteiger charge is -2.32. The molecule has 0 atom stereocenters. The molecule has 5 heteroatoms. The van der Waals surface area contributed by atoms with Crippen LogP contribution in [0.4, 0.5) is 10.5 Å². The molecule has 2 N–H and O–H groups in total. The van der Waals surface area contributed by atoms with Gasteiger partial charge in [-0.05, 0) is 37.8 Å². The number of rotatable bonds is 3. The Morgan fingerprint density at radius 2 is 1.61 bits per heavy atom. The van der Waals surface area contributed by atoms with E-state index in [1.54, 1.807) is 4.90 Å². The normalized spacial score (nSPS) is 19.6. The highest BCUT2D eigenvalue weighted by atomic mass is 16.2. The van der Waals surface area contributed by atoms with E-state index in [0.717, 1.165) is 31.4 Å². The summed E-state index contributed by atoms with van der Waals surface area (Å²) in [6, 6.07) is 9.77. The minimum absolute atomic E-state index is 0.0522. The van der Waals surface area contributed by atoms with Crippen molar-refractivity contribution < 1.29 is 9.59 Å².